The minimum atomic E-state index is -0.150. The van der Waals surface area contributed by atoms with Gasteiger partial charge in [0.15, 0.2) is 0 Å². The zero-order chi connectivity index (χ0) is 14.8. The fourth-order valence-corrected chi connectivity index (χ4v) is 3.62. The minimum Gasteiger partial charge on any atom is -0.306 e. The van der Waals surface area contributed by atoms with Crippen LogP contribution in [0.5, 0.6) is 0 Å². The van der Waals surface area contributed by atoms with Crippen LogP contribution in [-0.4, -0.2) is 17.8 Å². The summed E-state index contributed by atoms with van der Waals surface area (Å²) in [5.41, 5.74) is 1.58. The maximum Gasteiger partial charge on any atom is 0.326 e. The lowest BCUT2D eigenvalue weighted by atomic mass is 10.2. The Labute approximate surface area is 133 Å². The Morgan fingerprint density at radius 3 is 2.76 bits per heavy atom. The lowest BCUT2D eigenvalue weighted by Crippen LogP contribution is -2.41. The maximum absolute atomic E-state index is 12.6. The summed E-state index contributed by atoms with van der Waals surface area (Å²) >= 11 is 7.89. The molecule has 0 saturated carbocycles. The molecule has 2 amide bonds. The van der Waals surface area contributed by atoms with Gasteiger partial charge in [-0.25, -0.2) is 4.79 Å². The second kappa shape index (κ2) is 6.00. The SMILES string of the molecule is CC1CN(C(=O)Nc2ccccc2Cl)c2ccccc2S1. The molecular weight excluding hydrogens is 304 g/mol. The summed E-state index contributed by atoms with van der Waals surface area (Å²) in [6.07, 6.45) is 0. The van der Waals surface area contributed by atoms with E-state index in [9.17, 15) is 4.79 Å². The van der Waals surface area contributed by atoms with Crippen LogP contribution >= 0.6 is 23.4 Å². The second-order valence-electron chi connectivity index (χ2n) is 4.92. The molecular formula is C16H15ClN2OS. The highest BCUT2D eigenvalue weighted by Gasteiger charge is 2.26. The number of urea groups is 1. The molecule has 0 fully saturated rings. The number of nitrogens with one attached hydrogen (secondary N) is 1. The molecule has 1 aliphatic heterocycles. The summed E-state index contributed by atoms with van der Waals surface area (Å²) in [5.74, 6) is 0. The van der Waals surface area contributed by atoms with Gasteiger partial charge in [0, 0.05) is 16.7 Å². The number of rotatable bonds is 1. The number of carbonyl (C=O) groups is 1. The quantitative estimate of drug-likeness (QED) is 0.813. The van der Waals surface area contributed by atoms with Gasteiger partial charge in [-0.05, 0) is 24.3 Å². The smallest absolute Gasteiger partial charge is 0.306 e. The number of para-hydroxylation sites is 2. The summed E-state index contributed by atoms with van der Waals surface area (Å²) in [7, 11) is 0. The predicted molar refractivity (Wildman–Crippen MR) is 89.6 cm³/mol. The van der Waals surface area contributed by atoms with Crippen LogP contribution in [0.25, 0.3) is 0 Å². The molecule has 2 aromatic rings. The largest absolute Gasteiger partial charge is 0.326 e. The highest BCUT2D eigenvalue weighted by molar-refractivity contribution is 8.00. The molecule has 1 heterocycles. The summed E-state index contributed by atoms with van der Waals surface area (Å²) in [5, 5.41) is 3.79. The zero-order valence-electron chi connectivity index (χ0n) is 11.5. The van der Waals surface area contributed by atoms with Crippen molar-refractivity contribution in [1.82, 2.24) is 0 Å². The van der Waals surface area contributed by atoms with Crippen molar-refractivity contribution in [3.8, 4) is 0 Å². The van der Waals surface area contributed by atoms with E-state index >= 15 is 0 Å². The van der Waals surface area contributed by atoms with Crippen LogP contribution in [0.15, 0.2) is 53.4 Å². The molecule has 0 spiro atoms. The summed E-state index contributed by atoms with van der Waals surface area (Å²) in [6, 6.07) is 15.1. The standard InChI is InChI=1S/C16H15ClN2OS/c1-11-10-19(14-8-4-5-9-15(14)21-11)16(20)18-13-7-3-2-6-12(13)17/h2-9,11H,10H2,1H3,(H,18,20). The molecule has 3 nitrogen and oxygen atoms in total. The van der Waals surface area contributed by atoms with Gasteiger partial charge in [-0.2, -0.15) is 0 Å². The van der Waals surface area contributed by atoms with Gasteiger partial charge in [0.2, 0.25) is 0 Å². The van der Waals surface area contributed by atoms with Gasteiger partial charge in [0.1, 0.15) is 0 Å². The molecule has 108 valence electrons. The zero-order valence-corrected chi connectivity index (χ0v) is 13.1. The van der Waals surface area contributed by atoms with Gasteiger partial charge in [-0.1, -0.05) is 42.8 Å². The summed E-state index contributed by atoms with van der Waals surface area (Å²) in [4.78, 5) is 15.5. The van der Waals surface area contributed by atoms with E-state index in [1.54, 1.807) is 28.8 Å². The van der Waals surface area contributed by atoms with Crippen molar-refractivity contribution in [2.45, 2.75) is 17.1 Å². The molecule has 0 aliphatic carbocycles. The van der Waals surface area contributed by atoms with E-state index in [2.05, 4.69) is 12.2 Å². The number of fused-ring (bicyclic) bond motifs is 1. The third kappa shape index (κ3) is 3.01. The molecule has 0 saturated heterocycles. The third-order valence-electron chi connectivity index (χ3n) is 3.28. The molecule has 21 heavy (non-hydrogen) atoms. The predicted octanol–water partition coefficient (Wildman–Crippen LogP) is 4.87. The Morgan fingerprint density at radius 1 is 1.24 bits per heavy atom. The number of thioether (sulfide) groups is 1. The summed E-state index contributed by atoms with van der Waals surface area (Å²) in [6.45, 7) is 2.80. The fourth-order valence-electron chi connectivity index (χ4n) is 2.33. The topological polar surface area (TPSA) is 32.3 Å². The van der Waals surface area contributed by atoms with Gasteiger partial charge in [0.25, 0.3) is 0 Å². The van der Waals surface area contributed by atoms with E-state index in [4.69, 9.17) is 11.6 Å². The van der Waals surface area contributed by atoms with Crippen molar-refractivity contribution in [1.29, 1.82) is 0 Å². The number of amides is 2. The van der Waals surface area contributed by atoms with Crippen LogP contribution < -0.4 is 10.2 Å². The van der Waals surface area contributed by atoms with E-state index in [1.807, 2.05) is 36.4 Å². The van der Waals surface area contributed by atoms with E-state index < -0.39 is 0 Å². The first-order chi connectivity index (χ1) is 10.1. The monoisotopic (exact) mass is 318 g/mol. The van der Waals surface area contributed by atoms with Crippen molar-refractivity contribution in [3.63, 3.8) is 0 Å². The number of nitrogens with zero attached hydrogens (tertiary/aromatic N) is 1. The summed E-state index contributed by atoms with van der Waals surface area (Å²) < 4.78 is 0. The molecule has 1 unspecified atom stereocenters. The van der Waals surface area contributed by atoms with Gasteiger partial charge >= 0.3 is 6.03 Å². The normalized spacial score (nSPS) is 17.2. The van der Waals surface area contributed by atoms with Crippen molar-refractivity contribution >= 4 is 40.8 Å². The number of hydrogen-bond donors (Lipinski definition) is 1. The van der Waals surface area contributed by atoms with Crippen LogP contribution in [0.1, 0.15) is 6.92 Å². The van der Waals surface area contributed by atoms with Crippen LogP contribution in [0.3, 0.4) is 0 Å². The minimum absolute atomic E-state index is 0.150. The van der Waals surface area contributed by atoms with Crippen LogP contribution in [-0.2, 0) is 0 Å². The number of benzene rings is 2. The van der Waals surface area contributed by atoms with Crippen LogP contribution in [0.4, 0.5) is 16.2 Å². The van der Waals surface area contributed by atoms with E-state index in [0.717, 1.165) is 10.6 Å². The van der Waals surface area contributed by atoms with Gasteiger partial charge in [-0.3, -0.25) is 4.90 Å². The first-order valence-electron chi connectivity index (χ1n) is 6.74. The Balaban J connectivity index is 1.87. The van der Waals surface area contributed by atoms with E-state index in [1.165, 1.54) is 0 Å². The van der Waals surface area contributed by atoms with E-state index in [0.29, 0.717) is 22.5 Å². The lowest BCUT2D eigenvalue weighted by Gasteiger charge is -2.32. The van der Waals surface area contributed by atoms with Crippen molar-refractivity contribution in [3.05, 3.63) is 53.6 Å². The average Bonchev–Trinajstić information content (AvgIpc) is 2.48. The molecule has 3 rings (SSSR count). The first-order valence-corrected chi connectivity index (χ1v) is 7.99. The maximum atomic E-state index is 12.6. The van der Waals surface area contributed by atoms with Crippen LogP contribution in [0.2, 0.25) is 5.02 Å². The lowest BCUT2D eigenvalue weighted by molar-refractivity contribution is 0.256. The number of hydrogen-bond acceptors (Lipinski definition) is 2. The highest BCUT2D eigenvalue weighted by Crippen LogP contribution is 2.38. The molecule has 0 bridgehead atoms. The Morgan fingerprint density at radius 2 is 1.95 bits per heavy atom. The van der Waals surface area contributed by atoms with Gasteiger partial charge in [0.05, 0.1) is 16.4 Å². The molecule has 5 heteroatoms. The highest BCUT2D eigenvalue weighted by atomic mass is 35.5. The average molecular weight is 319 g/mol. The fraction of sp³-hybridized carbons (Fsp3) is 0.188. The molecule has 1 N–H and O–H groups in total. The van der Waals surface area contributed by atoms with E-state index in [-0.39, 0.29) is 6.03 Å². The van der Waals surface area contributed by atoms with Gasteiger partial charge in [-0.15, -0.1) is 11.8 Å². The molecule has 1 atom stereocenters. The number of anilines is 2. The van der Waals surface area contributed by atoms with Crippen molar-refractivity contribution in [2.24, 2.45) is 0 Å². The molecule has 0 radical (unpaired) electrons. The Bertz CT molecular complexity index is 677. The first kappa shape index (κ1) is 14.3. The number of carbonyl (C=O) groups excluding carboxylic acids is 1. The molecule has 2 aromatic carbocycles. The van der Waals surface area contributed by atoms with Crippen LogP contribution in [0, 0.1) is 0 Å². The molecule has 0 aromatic heterocycles. The molecule has 1 aliphatic rings. The Hall–Kier alpha value is -1.65. The Kier molecular flexibility index (Phi) is 4.08. The van der Waals surface area contributed by atoms with Crippen molar-refractivity contribution < 1.29 is 4.79 Å². The number of halogens is 1. The van der Waals surface area contributed by atoms with Crippen molar-refractivity contribution in [2.75, 3.05) is 16.8 Å². The second-order valence-corrected chi connectivity index (χ2v) is 6.80. The third-order valence-corrected chi connectivity index (χ3v) is 4.76. The van der Waals surface area contributed by atoms with Gasteiger partial charge < -0.3 is 5.32 Å².